The van der Waals surface area contributed by atoms with Crippen molar-refractivity contribution in [2.75, 3.05) is 29.2 Å². The maximum Gasteiger partial charge on any atom is 0.411 e. The van der Waals surface area contributed by atoms with E-state index in [0.29, 0.717) is 11.6 Å². The molecule has 234 valence electrons. The average molecular weight is 703 g/mol. The topological polar surface area (TPSA) is 96.5 Å². The zero-order valence-electron chi connectivity index (χ0n) is 21.6. The molecule has 17 heteroatoms. The summed E-state index contributed by atoms with van der Waals surface area (Å²) in [5, 5.41) is 6.12. The maximum absolute atomic E-state index is 15.0. The van der Waals surface area contributed by atoms with E-state index in [-0.39, 0.29) is 21.3 Å². The Labute approximate surface area is 264 Å². The van der Waals surface area contributed by atoms with Crippen LogP contribution in [-0.2, 0) is 14.3 Å². The summed E-state index contributed by atoms with van der Waals surface area (Å²) in [4.78, 5) is 37.8. The number of carbonyl (C=O) groups is 3. The number of amides is 3. The standard InChI is InChI=1S/C27H17Cl4F6N3O4/c28-14-3-2-12(38-25(43)21-20(27(21,30)31)11-1-4-16(32)15(29)7-11)8-13(14)24(42)39-18-6-5-17(33)23(22(18)34)40-19(41)9-44-10-26(35,36)37/h1-8,20-21H,9-10H2,(H,38,43)(H,39,42)(H,40,41)/t20-,21+/m0/s1. The van der Waals surface area contributed by atoms with E-state index in [4.69, 9.17) is 46.4 Å². The first-order valence-electron chi connectivity index (χ1n) is 12.2. The SMILES string of the molecule is O=C(COCC(F)(F)F)Nc1c(F)ccc(NC(=O)c2cc(NC(=O)[C@H]3[C@H](c4ccc(F)c(Cl)c4)C3(Cl)Cl)ccc2Cl)c1F. The van der Waals surface area contributed by atoms with E-state index < -0.39 is 82.1 Å². The lowest BCUT2D eigenvalue weighted by Gasteiger charge is -2.14. The Morgan fingerprint density at radius 1 is 0.864 bits per heavy atom. The summed E-state index contributed by atoms with van der Waals surface area (Å²) in [5.74, 6) is -8.09. The van der Waals surface area contributed by atoms with Crippen LogP contribution in [0, 0.1) is 23.4 Å². The van der Waals surface area contributed by atoms with Gasteiger partial charge in [0.1, 0.15) is 34.9 Å². The molecule has 7 nitrogen and oxygen atoms in total. The molecule has 4 rings (SSSR count). The van der Waals surface area contributed by atoms with Crippen molar-refractivity contribution in [3.05, 3.63) is 87.2 Å². The van der Waals surface area contributed by atoms with Gasteiger partial charge in [0.05, 0.1) is 27.2 Å². The highest BCUT2D eigenvalue weighted by Crippen LogP contribution is 2.65. The van der Waals surface area contributed by atoms with Gasteiger partial charge in [-0.1, -0.05) is 29.3 Å². The van der Waals surface area contributed by atoms with Crippen molar-refractivity contribution in [2.24, 2.45) is 5.92 Å². The van der Waals surface area contributed by atoms with Crippen molar-refractivity contribution in [3.8, 4) is 0 Å². The van der Waals surface area contributed by atoms with E-state index >= 15 is 0 Å². The van der Waals surface area contributed by atoms with Crippen LogP contribution < -0.4 is 16.0 Å². The number of benzene rings is 3. The molecule has 3 N–H and O–H groups in total. The third-order valence-corrected chi connectivity index (χ3v) is 7.78. The van der Waals surface area contributed by atoms with Crippen LogP contribution in [0.3, 0.4) is 0 Å². The number of alkyl halides is 5. The molecule has 3 aromatic rings. The minimum absolute atomic E-state index is 0.0582. The molecule has 0 radical (unpaired) electrons. The second-order valence-electron chi connectivity index (χ2n) is 9.38. The van der Waals surface area contributed by atoms with Crippen LogP contribution in [0.5, 0.6) is 0 Å². The van der Waals surface area contributed by atoms with Crippen molar-refractivity contribution in [3.63, 3.8) is 0 Å². The monoisotopic (exact) mass is 701 g/mol. The molecule has 3 amide bonds. The minimum Gasteiger partial charge on any atom is -0.362 e. The van der Waals surface area contributed by atoms with E-state index in [2.05, 4.69) is 15.4 Å². The van der Waals surface area contributed by atoms with Gasteiger partial charge in [0.15, 0.2) is 5.82 Å². The highest BCUT2D eigenvalue weighted by Gasteiger charge is 2.67. The smallest absolute Gasteiger partial charge is 0.362 e. The molecule has 3 aromatic carbocycles. The predicted molar refractivity (Wildman–Crippen MR) is 152 cm³/mol. The average Bonchev–Trinajstić information content (AvgIpc) is 3.51. The number of rotatable bonds is 9. The minimum atomic E-state index is -4.72. The van der Waals surface area contributed by atoms with Crippen molar-refractivity contribution in [1.82, 2.24) is 0 Å². The normalized spacial score (nSPS) is 17.1. The highest BCUT2D eigenvalue weighted by molar-refractivity contribution is 6.53. The molecular weight excluding hydrogens is 686 g/mol. The quantitative estimate of drug-likeness (QED) is 0.157. The van der Waals surface area contributed by atoms with Crippen molar-refractivity contribution in [2.45, 2.75) is 16.4 Å². The molecule has 1 aliphatic carbocycles. The van der Waals surface area contributed by atoms with E-state index in [1.54, 1.807) is 5.32 Å². The molecule has 1 fully saturated rings. The molecule has 0 spiro atoms. The second-order valence-corrected chi connectivity index (χ2v) is 11.6. The molecule has 0 saturated heterocycles. The fraction of sp³-hybridized carbons (Fsp3) is 0.222. The summed E-state index contributed by atoms with van der Waals surface area (Å²) in [5.41, 5.74) is -1.46. The van der Waals surface area contributed by atoms with Crippen LogP contribution in [0.15, 0.2) is 48.5 Å². The Morgan fingerprint density at radius 2 is 1.55 bits per heavy atom. The van der Waals surface area contributed by atoms with Crippen molar-refractivity contribution >= 4 is 81.2 Å². The third-order valence-electron chi connectivity index (χ3n) is 6.22. The maximum atomic E-state index is 15.0. The van der Waals surface area contributed by atoms with Gasteiger partial charge in [0, 0.05) is 11.6 Å². The van der Waals surface area contributed by atoms with Gasteiger partial charge >= 0.3 is 6.18 Å². The lowest BCUT2D eigenvalue weighted by Crippen LogP contribution is -2.25. The Kier molecular flexibility index (Phi) is 9.96. The van der Waals surface area contributed by atoms with Crippen LogP contribution in [0.2, 0.25) is 10.0 Å². The Hall–Kier alpha value is -3.23. The lowest BCUT2D eigenvalue weighted by atomic mass is 10.1. The van der Waals surface area contributed by atoms with E-state index in [1.807, 2.05) is 0 Å². The number of anilines is 3. The Morgan fingerprint density at radius 3 is 2.20 bits per heavy atom. The van der Waals surface area contributed by atoms with E-state index in [9.17, 15) is 40.7 Å². The van der Waals surface area contributed by atoms with Gasteiger partial charge in [-0.2, -0.15) is 13.2 Å². The fourth-order valence-electron chi connectivity index (χ4n) is 4.16. The zero-order chi connectivity index (χ0) is 32.6. The zero-order valence-corrected chi connectivity index (χ0v) is 24.6. The Balaban J connectivity index is 1.46. The van der Waals surface area contributed by atoms with Crippen LogP contribution >= 0.6 is 46.4 Å². The highest BCUT2D eigenvalue weighted by atomic mass is 35.5. The molecule has 2 atom stereocenters. The van der Waals surface area contributed by atoms with Gasteiger partial charge in [-0.15, -0.1) is 23.2 Å². The third kappa shape index (κ3) is 7.70. The fourth-order valence-corrected chi connectivity index (χ4v) is 5.38. The molecule has 44 heavy (non-hydrogen) atoms. The van der Waals surface area contributed by atoms with Gasteiger partial charge in [-0.05, 0) is 48.0 Å². The summed E-state index contributed by atoms with van der Waals surface area (Å²) < 4.78 is 81.9. The van der Waals surface area contributed by atoms with E-state index in [0.717, 1.165) is 18.2 Å². The molecule has 0 bridgehead atoms. The number of halogens is 10. The molecule has 1 saturated carbocycles. The van der Waals surface area contributed by atoms with E-state index in [1.165, 1.54) is 24.3 Å². The summed E-state index contributed by atoms with van der Waals surface area (Å²) >= 11 is 24.6. The molecule has 1 aliphatic rings. The lowest BCUT2D eigenvalue weighted by molar-refractivity contribution is -0.174. The first kappa shape index (κ1) is 33.7. The number of hydrogen-bond donors (Lipinski definition) is 3. The number of ether oxygens (including phenoxy) is 1. The summed E-state index contributed by atoms with van der Waals surface area (Å²) in [6.07, 6.45) is -4.72. The van der Waals surface area contributed by atoms with Gasteiger partial charge in [0.2, 0.25) is 5.91 Å². The largest absolute Gasteiger partial charge is 0.411 e. The first-order chi connectivity index (χ1) is 20.5. The van der Waals surface area contributed by atoms with Gasteiger partial charge < -0.3 is 20.7 Å². The number of nitrogens with one attached hydrogen (secondary N) is 3. The van der Waals surface area contributed by atoms with Crippen LogP contribution in [0.25, 0.3) is 0 Å². The molecule has 0 unspecified atom stereocenters. The second kappa shape index (κ2) is 13.0. The number of hydrogen-bond acceptors (Lipinski definition) is 4. The predicted octanol–water partition coefficient (Wildman–Crippen LogP) is 7.71. The molecule has 0 heterocycles. The summed E-state index contributed by atoms with van der Waals surface area (Å²) in [7, 11) is 0. The first-order valence-corrected chi connectivity index (χ1v) is 13.7. The Bertz CT molecular complexity index is 1640. The van der Waals surface area contributed by atoms with Crippen LogP contribution in [-0.4, -0.2) is 41.4 Å². The molecule has 0 aromatic heterocycles. The van der Waals surface area contributed by atoms with Gasteiger partial charge in [-0.25, -0.2) is 13.2 Å². The van der Waals surface area contributed by atoms with Crippen LogP contribution in [0.4, 0.5) is 43.4 Å². The van der Waals surface area contributed by atoms with Crippen molar-refractivity contribution < 1.29 is 45.5 Å². The number of carbonyl (C=O) groups excluding carboxylic acids is 3. The van der Waals surface area contributed by atoms with Crippen molar-refractivity contribution in [1.29, 1.82) is 0 Å². The molecular formula is C27H17Cl4F6N3O4. The summed E-state index contributed by atoms with van der Waals surface area (Å²) in [6.45, 7) is -2.92. The van der Waals surface area contributed by atoms with Gasteiger partial charge in [0.25, 0.3) is 11.8 Å². The van der Waals surface area contributed by atoms with Gasteiger partial charge in [-0.3, -0.25) is 14.4 Å². The van der Waals surface area contributed by atoms with Crippen LogP contribution in [0.1, 0.15) is 21.8 Å². The molecule has 0 aliphatic heterocycles. The summed E-state index contributed by atoms with van der Waals surface area (Å²) in [6, 6.07) is 9.05.